The van der Waals surface area contributed by atoms with Gasteiger partial charge in [0.05, 0.1) is 11.3 Å². The van der Waals surface area contributed by atoms with E-state index in [0.29, 0.717) is 11.5 Å². The summed E-state index contributed by atoms with van der Waals surface area (Å²) in [6.07, 6.45) is 3.77. The van der Waals surface area contributed by atoms with Crippen LogP contribution in [0.25, 0.3) is 0 Å². The third kappa shape index (κ3) is 5.19. The van der Waals surface area contributed by atoms with Crippen LogP contribution >= 0.6 is 0 Å². The highest BCUT2D eigenvalue weighted by atomic mass is 16.1. The summed E-state index contributed by atoms with van der Waals surface area (Å²) >= 11 is 0. The molecule has 1 amide bonds. The van der Waals surface area contributed by atoms with E-state index in [2.05, 4.69) is 36.4 Å². The highest BCUT2D eigenvalue weighted by Gasteiger charge is 2.14. The fourth-order valence-electron chi connectivity index (χ4n) is 2.03. The number of aryl methyl sites for hydroxylation is 1. The molecule has 0 aliphatic heterocycles. The molecule has 0 fully saturated rings. The maximum Gasteiger partial charge on any atom is 0.255 e. The number of carbonyl (C=O) groups is 1. The molecule has 4 nitrogen and oxygen atoms in total. The number of rotatable bonds is 7. The highest BCUT2D eigenvalue weighted by molar-refractivity contribution is 5.99. The summed E-state index contributed by atoms with van der Waals surface area (Å²) in [5, 5.41) is 6.27. The minimum Gasteiger partial charge on any atom is -0.385 e. The Hall–Kier alpha value is -1.58. The lowest BCUT2D eigenvalue weighted by Crippen LogP contribution is -2.33. The number of amides is 1. The van der Waals surface area contributed by atoms with Gasteiger partial charge in [-0.05, 0) is 45.6 Å². The summed E-state index contributed by atoms with van der Waals surface area (Å²) in [4.78, 5) is 16.5. The van der Waals surface area contributed by atoms with E-state index in [4.69, 9.17) is 0 Å². The quantitative estimate of drug-likeness (QED) is 0.803. The van der Waals surface area contributed by atoms with Crippen LogP contribution in [0.2, 0.25) is 0 Å². The number of carbonyl (C=O) groups excluding carboxylic acids is 1. The van der Waals surface area contributed by atoms with Crippen molar-refractivity contribution in [2.75, 3.05) is 11.9 Å². The minimum absolute atomic E-state index is 0.0512. The summed E-state index contributed by atoms with van der Waals surface area (Å²) in [6, 6.07) is 2.10. The van der Waals surface area contributed by atoms with Crippen molar-refractivity contribution < 1.29 is 4.79 Å². The summed E-state index contributed by atoms with van der Waals surface area (Å²) in [5.74, 6) is 0.609. The van der Waals surface area contributed by atoms with Crippen molar-refractivity contribution in [2.24, 2.45) is 5.92 Å². The second-order valence-electron chi connectivity index (χ2n) is 5.75. The van der Waals surface area contributed by atoms with Crippen LogP contribution in [0.3, 0.4) is 0 Å². The van der Waals surface area contributed by atoms with E-state index in [1.807, 2.05) is 19.9 Å². The van der Waals surface area contributed by atoms with Crippen molar-refractivity contribution in [1.29, 1.82) is 0 Å². The number of anilines is 1. The number of hydrogen-bond acceptors (Lipinski definition) is 3. The average molecular weight is 277 g/mol. The molecule has 1 aromatic rings. The third-order valence-electron chi connectivity index (χ3n) is 3.21. The Morgan fingerprint density at radius 2 is 2.00 bits per heavy atom. The molecule has 0 spiro atoms. The van der Waals surface area contributed by atoms with E-state index in [1.165, 1.54) is 0 Å². The van der Waals surface area contributed by atoms with Gasteiger partial charge in [-0.2, -0.15) is 0 Å². The molecule has 2 N–H and O–H groups in total. The molecular weight excluding hydrogens is 250 g/mol. The molecule has 0 saturated carbocycles. The standard InChI is InChI=1S/C16H27N3O/c1-6-17-15-9-13(5)18-10-14(15)16(20)19-12(4)8-7-11(2)3/h9-12H,6-8H2,1-5H3,(H,17,18)(H,19,20). The molecule has 1 unspecified atom stereocenters. The number of nitrogens with one attached hydrogen (secondary N) is 2. The van der Waals surface area contributed by atoms with Gasteiger partial charge in [0.1, 0.15) is 0 Å². The molecule has 0 aromatic carbocycles. The molecule has 20 heavy (non-hydrogen) atoms. The zero-order chi connectivity index (χ0) is 15.1. The summed E-state index contributed by atoms with van der Waals surface area (Å²) in [6.45, 7) is 11.2. The van der Waals surface area contributed by atoms with E-state index >= 15 is 0 Å². The van der Waals surface area contributed by atoms with Gasteiger partial charge in [0.25, 0.3) is 5.91 Å². The number of aromatic nitrogens is 1. The lowest BCUT2D eigenvalue weighted by molar-refractivity contribution is 0.0937. The first kappa shape index (κ1) is 16.5. The molecule has 4 heteroatoms. The zero-order valence-corrected chi connectivity index (χ0v) is 13.3. The fourth-order valence-corrected chi connectivity index (χ4v) is 2.03. The molecule has 1 heterocycles. The van der Waals surface area contributed by atoms with E-state index in [9.17, 15) is 4.79 Å². The van der Waals surface area contributed by atoms with Crippen LogP contribution in [0.1, 0.15) is 56.6 Å². The second-order valence-corrected chi connectivity index (χ2v) is 5.75. The van der Waals surface area contributed by atoms with Crippen LogP contribution in [0.4, 0.5) is 5.69 Å². The van der Waals surface area contributed by atoms with E-state index in [1.54, 1.807) is 6.20 Å². The maximum atomic E-state index is 12.3. The normalized spacial score (nSPS) is 12.3. The van der Waals surface area contributed by atoms with Gasteiger partial charge >= 0.3 is 0 Å². The van der Waals surface area contributed by atoms with Crippen molar-refractivity contribution in [2.45, 2.75) is 53.5 Å². The van der Waals surface area contributed by atoms with Gasteiger partial charge in [0, 0.05) is 24.5 Å². The predicted octanol–water partition coefficient (Wildman–Crippen LogP) is 3.38. The Balaban J connectivity index is 2.71. The Labute approximate surface area is 122 Å². The molecule has 1 atom stereocenters. The first-order chi connectivity index (χ1) is 9.43. The first-order valence-electron chi connectivity index (χ1n) is 7.45. The molecule has 0 aliphatic carbocycles. The molecule has 0 radical (unpaired) electrons. The number of nitrogens with zero attached hydrogens (tertiary/aromatic N) is 1. The molecule has 112 valence electrons. The van der Waals surface area contributed by atoms with Gasteiger partial charge < -0.3 is 10.6 Å². The molecule has 1 aromatic heterocycles. The third-order valence-corrected chi connectivity index (χ3v) is 3.21. The summed E-state index contributed by atoms with van der Waals surface area (Å²) < 4.78 is 0. The van der Waals surface area contributed by atoms with Crippen LogP contribution in [0.5, 0.6) is 0 Å². The van der Waals surface area contributed by atoms with Gasteiger partial charge in [0.15, 0.2) is 0 Å². The molecule has 0 bridgehead atoms. The SMILES string of the molecule is CCNc1cc(C)ncc1C(=O)NC(C)CCC(C)C. The van der Waals surface area contributed by atoms with Crippen LogP contribution in [-0.2, 0) is 0 Å². The van der Waals surface area contributed by atoms with Crippen LogP contribution < -0.4 is 10.6 Å². The van der Waals surface area contributed by atoms with Crippen molar-refractivity contribution >= 4 is 11.6 Å². The van der Waals surface area contributed by atoms with Crippen LogP contribution in [-0.4, -0.2) is 23.5 Å². The number of hydrogen-bond donors (Lipinski definition) is 2. The van der Waals surface area contributed by atoms with Crippen molar-refractivity contribution in [1.82, 2.24) is 10.3 Å². The molecule has 0 saturated heterocycles. The highest BCUT2D eigenvalue weighted by Crippen LogP contribution is 2.16. The largest absolute Gasteiger partial charge is 0.385 e. The average Bonchev–Trinajstić information content (AvgIpc) is 2.36. The second kappa shape index (κ2) is 7.88. The van der Waals surface area contributed by atoms with Crippen molar-refractivity contribution in [3.05, 3.63) is 23.5 Å². The Morgan fingerprint density at radius 1 is 1.30 bits per heavy atom. The summed E-state index contributed by atoms with van der Waals surface area (Å²) in [7, 11) is 0. The molecular formula is C16H27N3O. The van der Waals surface area contributed by atoms with Crippen LogP contribution in [0.15, 0.2) is 12.3 Å². The summed E-state index contributed by atoms with van der Waals surface area (Å²) in [5.41, 5.74) is 2.38. The molecule has 1 rings (SSSR count). The molecule has 0 aliphatic rings. The smallest absolute Gasteiger partial charge is 0.255 e. The predicted molar refractivity (Wildman–Crippen MR) is 84.1 cm³/mol. The van der Waals surface area contributed by atoms with E-state index < -0.39 is 0 Å². The first-order valence-corrected chi connectivity index (χ1v) is 7.45. The Kier molecular flexibility index (Phi) is 6.49. The van der Waals surface area contributed by atoms with E-state index in [-0.39, 0.29) is 11.9 Å². The van der Waals surface area contributed by atoms with E-state index in [0.717, 1.165) is 30.8 Å². The zero-order valence-electron chi connectivity index (χ0n) is 13.3. The van der Waals surface area contributed by atoms with Gasteiger partial charge in [-0.3, -0.25) is 9.78 Å². The van der Waals surface area contributed by atoms with Crippen LogP contribution in [0, 0.1) is 12.8 Å². The topological polar surface area (TPSA) is 54.0 Å². The lowest BCUT2D eigenvalue weighted by atomic mass is 10.0. The van der Waals surface area contributed by atoms with Gasteiger partial charge in [-0.15, -0.1) is 0 Å². The van der Waals surface area contributed by atoms with Gasteiger partial charge in [0.2, 0.25) is 0 Å². The van der Waals surface area contributed by atoms with Crippen molar-refractivity contribution in [3.63, 3.8) is 0 Å². The van der Waals surface area contributed by atoms with Gasteiger partial charge in [-0.25, -0.2) is 0 Å². The van der Waals surface area contributed by atoms with Gasteiger partial charge in [-0.1, -0.05) is 13.8 Å². The maximum absolute atomic E-state index is 12.3. The minimum atomic E-state index is -0.0512. The van der Waals surface area contributed by atoms with Crippen molar-refractivity contribution in [3.8, 4) is 0 Å². The Bertz CT molecular complexity index is 443. The monoisotopic (exact) mass is 277 g/mol. The fraction of sp³-hybridized carbons (Fsp3) is 0.625. The lowest BCUT2D eigenvalue weighted by Gasteiger charge is -2.17. The number of pyridine rings is 1. The Morgan fingerprint density at radius 3 is 2.60 bits per heavy atom.